The zero-order valence-electron chi connectivity index (χ0n) is 11.4. The van der Waals surface area contributed by atoms with Crippen molar-refractivity contribution in [2.75, 3.05) is 38.3 Å². The Labute approximate surface area is 114 Å². The van der Waals surface area contributed by atoms with E-state index in [0.29, 0.717) is 0 Å². The van der Waals surface area contributed by atoms with E-state index in [0.717, 1.165) is 12.1 Å². The molecule has 1 aromatic rings. The van der Waals surface area contributed by atoms with E-state index in [9.17, 15) is 18.0 Å². The monoisotopic (exact) mass is 291 g/mol. The zero-order valence-corrected chi connectivity index (χ0v) is 11.4. The van der Waals surface area contributed by atoms with Gasteiger partial charge in [-0.05, 0) is 0 Å². The van der Waals surface area contributed by atoms with E-state index in [-0.39, 0.29) is 23.8 Å². The van der Waals surface area contributed by atoms with Crippen LogP contribution in [0.15, 0.2) is 12.1 Å². The quantitative estimate of drug-likeness (QED) is 0.836. The maximum atomic E-state index is 13.4. The Morgan fingerprint density at radius 1 is 1.35 bits per heavy atom. The van der Waals surface area contributed by atoms with Crippen LogP contribution in [0.4, 0.5) is 24.5 Å². The number of nitrogens with two attached hydrogens (primary N) is 1. The third-order valence-electron chi connectivity index (χ3n) is 2.58. The first kappa shape index (κ1) is 15.9. The zero-order chi connectivity index (χ0) is 15.4. The fraction of sp³-hybridized carbons (Fsp3) is 0.417. The Balaban J connectivity index is 3.01. The van der Waals surface area contributed by atoms with Gasteiger partial charge in [-0.3, -0.25) is 4.79 Å². The number of nitrogens with zero attached hydrogens (tertiary/aromatic N) is 2. The summed E-state index contributed by atoms with van der Waals surface area (Å²) in [6.07, 6.45) is 0. The molecular formula is C12H16F3N3O2. The van der Waals surface area contributed by atoms with E-state index >= 15 is 0 Å². The first-order chi connectivity index (χ1) is 9.22. The molecule has 0 aliphatic rings. The summed E-state index contributed by atoms with van der Waals surface area (Å²) in [5.41, 5.74) is 5.88. The Hall–Kier alpha value is -2.12. The number of benzene rings is 1. The number of nitrogen functional groups attached to an aromatic ring is 1. The second-order valence-corrected chi connectivity index (χ2v) is 4.36. The smallest absolute Gasteiger partial charge is 0.387 e. The Morgan fingerprint density at radius 3 is 2.45 bits per heavy atom. The lowest BCUT2D eigenvalue weighted by atomic mass is 10.2. The number of anilines is 2. The van der Waals surface area contributed by atoms with E-state index in [2.05, 4.69) is 4.74 Å². The number of hydrogen-bond acceptors (Lipinski definition) is 4. The number of amides is 1. The minimum atomic E-state index is -3.14. The van der Waals surface area contributed by atoms with Gasteiger partial charge in [-0.2, -0.15) is 8.78 Å². The molecule has 0 fully saturated rings. The molecule has 1 aromatic carbocycles. The third-order valence-corrected chi connectivity index (χ3v) is 2.58. The molecule has 0 spiro atoms. The maximum absolute atomic E-state index is 13.4. The Morgan fingerprint density at radius 2 is 1.95 bits per heavy atom. The summed E-state index contributed by atoms with van der Waals surface area (Å²) in [4.78, 5) is 14.4. The topological polar surface area (TPSA) is 58.8 Å². The summed E-state index contributed by atoms with van der Waals surface area (Å²) >= 11 is 0. The third kappa shape index (κ3) is 3.94. The van der Waals surface area contributed by atoms with Gasteiger partial charge in [0.25, 0.3) is 0 Å². The Bertz CT molecular complexity index is 495. The van der Waals surface area contributed by atoms with Crippen LogP contribution in [0.25, 0.3) is 0 Å². The Kier molecular flexibility index (Phi) is 5.06. The van der Waals surface area contributed by atoms with Crippen LogP contribution in [0.3, 0.4) is 0 Å². The highest BCUT2D eigenvalue weighted by molar-refractivity contribution is 5.83. The van der Waals surface area contributed by atoms with Gasteiger partial charge in [-0.25, -0.2) is 4.39 Å². The van der Waals surface area contributed by atoms with Crippen LogP contribution in [0.5, 0.6) is 5.75 Å². The van der Waals surface area contributed by atoms with Crippen LogP contribution < -0.4 is 15.4 Å². The van der Waals surface area contributed by atoms with E-state index in [4.69, 9.17) is 5.73 Å². The summed E-state index contributed by atoms with van der Waals surface area (Å²) in [5.74, 6) is -1.82. The second kappa shape index (κ2) is 6.36. The van der Waals surface area contributed by atoms with Crippen LogP contribution in [0.1, 0.15) is 0 Å². The van der Waals surface area contributed by atoms with Crippen molar-refractivity contribution in [2.24, 2.45) is 0 Å². The van der Waals surface area contributed by atoms with Crippen LogP contribution in [-0.4, -0.2) is 45.1 Å². The van der Waals surface area contributed by atoms with Gasteiger partial charge < -0.3 is 20.3 Å². The number of carbonyl (C=O) groups excluding carboxylic acids is 1. The summed E-state index contributed by atoms with van der Waals surface area (Å²) < 4.78 is 41.8. The van der Waals surface area contributed by atoms with Gasteiger partial charge in [0.15, 0.2) is 11.6 Å². The van der Waals surface area contributed by atoms with Gasteiger partial charge in [0, 0.05) is 33.3 Å². The average Bonchev–Trinajstić information content (AvgIpc) is 2.31. The van der Waals surface area contributed by atoms with Crippen LogP contribution in [-0.2, 0) is 4.79 Å². The van der Waals surface area contributed by atoms with Crippen molar-refractivity contribution < 1.29 is 22.7 Å². The fourth-order valence-corrected chi connectivity index (χ4v) is 1.50. The molecule has 0 aliphatic carbocycles. The predicted molar refractivity (Wildman–Crippen MR) is 69.4 cm³/mol. The standard InChI is InChI=1S/C12H16F3N3O2/c1-17(2)11(19)6-18(3)9-5-10(20-12(14)15)7(13)4-8(9)16/h4-5,12H,6,16H2,1-3H3. The molecule has 0 bridgehead atoms. The first-order valence-corrected chi connectivity index (χ1v) is 5.67. The lowest BCUT2D eigenvalue weighted by molar-refractivity contribution is -0.127. The van der Waals surface area contributed by atoms with Crippen molar-refractivity contribution in [3.63, 3.8) is 0 Å². The molecule has 0 radical (unpaired) electrons. The van der Waals surface area contributed by atoms with Gasteiger partial charge in [-0.15, -0.1) is 0 Å². The molecule has 0 heterocycles. The van der Waals surface area contributed by atoms with Crippen LogP contribution in [0, 0.1) is 5.82 Å². The molecule has 8 heteroatoms. The molecule has 1 rings (SSSR count). The number of carbonyl (C=O) groups is 1. The van der Waals surface area contributed by atoms with Gasteiger partial charge >= 0.3 is 6.61 Å². The molecule has 0 aromatic heterocycles. The fourth-order valence-electron chi connectivity index (χ4n) is 1.50. The van der Waals surface area contributed by atoms with Gasteiger partial charge in [0.1, 0.15) is 0 Å². The van der Waals surface area contributed by atoms with Crippen LogP contribution >= 0.6 is 0 Å². The number of halogens is 3. The average molecular weight is 291 g/mol. The van der Waals surface area contributed by atoms with E-state index in [1.807, 2.05) is 0 Å². The minimum Gasteiger partial charge on any atom is -0.432 e. The second-order valence-electron chi connectivity index (χ2n) is 4.36. The molecule has 0 atom stereocenters. The van der Waals surface area contributed by atoms with Crippen molar-refractivity contribution in [3.8, 4) is 5.75 Å². The minimum absolute atomic E-state index is 0.0261. The van der Waals surface area contributed by atoms with Crippen molar-refractivity contribution in [2.45, 2.75) is 6.61 Å². The predicted octanol–water partition coefficient (Wildman–Crippen LogP) is 1.53. The van der Waals surface area contributed by atoms with Crippen molar-refractivity contribution >= 4 is 17.3 Å². The van der Waals surface area contributed by atoms with Gasteiger partial charge in [0.2, 0.25) is 5.91 Å². The number of likely N-dealkylation sites (N-methyl/N-ethyl adjacent to an activating group) is 2. The van der Waals surface area contributed by atoms with Gasteiger partial charge in [-0.1, -0.05) is 0 Å². The van der Waals surface area contributed by atoms with Crippen molar-refractivity contribution in [1.29, 1.82) is 0 Å². The summed E-state index contributed by atoms with van der Waals surface area (Å²) in [7, 11) is 4.70. The van der Waals surface area contributed by atoms with E-state index in [1.54, 1.807) is 14.1 Å². The van der Waals surface area contributed by atoms with Crippen molar-refractivity contribution in [3.05, 3.63) is 17.9 Å². The van der Waals surface area contributed by atoms with Crippen molar-refractivity contribution in [1.82, 2.24) is 4.90 Å². The van der Waals surface area contributed by atoms with E-state index in [1.165, 1.54) is 16.8 Å². The number of hydrogen-bond donors (Lipinski definition) is 1. The normalized spacial score (nSPS) is 10.6. The molecule has 0 aliphatic heterocycles. The molecule has 0 unspecified atom stereocenters. The summed E-state index contributed by atoms with van der Waals surface area (Å²) in [6.45, 7) is -3.17. The lowest BCUT2D eigenvalue weighted by Gasteiger charge is -2.23. The largest absolute Gasteiger partial charge is 0.432 e. The number of ether oxygens (including phenoxy) is 1. The molecule has 112 valence electrons. The number of alkyl halides is 2. The lowest BCUT2D eigenvalue weighted by Crippen LogP contribution is -2.34. The number of rotatable bonds is 5. The highest BCUT2D eigenvalue weighted by Crippen LogP contribution is 2.31. The van der Waals surface area contributed by atoms with Crippen LogP contribution in [0.2, 0.25) is 0 Å². The summed E-state index contributed by atoms with van der Waals surface area (Å²) in [6, 6.07) is 1.92. The van der Waals surface area contributed by atoms with E-state index < -0.39 is 18.2 Å². The highest BCUT2D eigenvalue weighted by Gasteiger charge is 2.17. The first-order valence-electron chi connectivity index (χ1n) is 5.67. The van der Waals surface area contributed by atoms with Gasteiger partial charge in [0.05, 0.1) is 17.9 Å². The highest BCUT2D eigenvalue weighted by atomic mass is 19.3. The molecule has 0 saturated heterocycles. The molecule has 5 nitrogen and oxygen atoms in total. The SMILES string of the molecule is CN(C)C(=O)CN(C)c1cc(OC(F)F)c(F)cc1N. The summed E-state index contributed by atoms with van der Waals surface area (Å²) in [5, 5.41) is 0. The molecule has 2 N–H and O–H groups in total. The molecule has 1 amide bonds. The molecule has 0 saturated carbocycles. The molecule has 20 heavy (non-hydrogen) atoms. The maximum Gasteiger partial charge on any atom is 0.387 e. The molecular weight excluding hydrogens is 275 g/mol.